The molecule has 5 rings (SSSR count). The Morgan fingerprint density at radius 2 is 2.10 bits per heavy atom. The van der Waals surface area contributed by atoms with Crippen molar-refractivity contribution in [3.05, 3.63) is 81.2 Å². The van der Waals surface area contributed by atoms with Gasteiger partial charge in [0.2, 0.25) is 5.95 Å². The third kappa shape index (κ3) is 3.70. The number of nitrogens with one attached hydrogen (secondary N) is 1. The van der Waals surface area contributed by atoms with Crippen molar-refractivity contribution in [2.45, 2.75) is 45.7 Å². The molecule has 0 fully saturated rings. The molecule has 1 aliphatic carbocycles. The Balaban J connectivity index is 1.49. The largest absolute Gasteiger partial charge is 0.323 e. The summed E-state index contributed by atoms with van der Waals surface area (Å²) < 4.78 is 3.57. The van der Waals surface area contributed by atoms with E-state index in [1.54, 1.807) is 28.2 Å². The number of rotatable bonds is 6. The fourth-order valence-electron chi connectivity index (χ4n) is 4.24. The molecule has 31 heavy (non-hydrogen) atoms. The number of allylic oxidation sites excluding steroid dienone is 1. The Labute approximate surface area is 184 Å². The maximum Gasteiger partial charge on any atom is 0.264 e. The topological polar surface area (TPSA) is 64.7 Å². The van der Waals surface area contributed by atoms with Crippen LogP contribution in [0.2, 0.25) is 0 Å². The van der Waals surface area contributed by atoms with Crippen molar-refractivity contribution in [1.82, 2.24) is 19.3 Å². The molecule has 0 saturated carbocycles. The highest BCUT2D eigenvalue weighted by Gasteiger charge is 2.22. The fourth-order valence-corrected chi connectivity index (χ4v) is 5.49. The van der Waals surface area contributed by atoms with E-state index in [1.807, 2.05) is 23.0 Å². The number of hydrogen-bond acceptors (Lipinski definition) is 5. The summed E-state index contributed by atoms with van der Waals surface area (Å²) in [5, 5.41) is 8.60. The van der Waals surface area contributed by atoms with E-state index in [0.717, 1.165) is 35.2 Å². The van der Waals surface area contributed by atoms with Crippen molar-refractivity contribution >= 4 is 33.2 Å². The summed E-state index contributed by atoms with van der Waals surface area (Å²) in [6.07, 6.45) is 9.80. The van der Waals surface area contributed by atoms with E-state index in [0.29, 0.717) is 19.0 Å². The van der Waals surface area contributed by atoms with Crippen LogP contribution in [0.15, 0.2) is 54.1 Å². The lowest BCUT2D eigenvalue weighted by Crippen LogP contribution is -2.24. The van der Waals surface area contributed by atoms with Gasteiger partial charge in [-0.3, -0.25) is 14.0 Å². The quantitative estimate of drug-likeness (QED) is 0.445. The summed E-state index contributed by atoms with van der Waals surface area (Å²) in [5.41, 5.74) is 4.49. The zero-order valence-corrected chi connectivity index (χ0v) is 18.4. The number of anilines is 2. The van der Waals surface area contributed by atoms with Gasteiger partial charge in [0.05, 0.1) is 23.8 Å². The number of aryl methyl sites for hydroxylation is 3. The molecule has 1 N–H and O–H groups in total. The Morgan fingerprint density at radius 1 is 1.26 bits per heavy atom. The molecule has 1 aromatic carbocycles. The lowest BCUT2D eigenvalue weighted by atomic mass is 9.97. The average molecular weight is 432 g/mol. The van der Waals surface area contributed by atoms with E-state index >= 15 is 0 Å². The second-order valence-corrected chi connectivity index (χ2v) is 9.09. The predicted molar refractivity (Wildman–Crippen MR) is 127 cm³/mol. The molecule has 3 heterocycles. The second kappa shape index (κ2) is 8.15. The van der Waals surface area contributed by atoms with Gasteiger partial charge in [-0.05, 0) is 49.3 Å². The molecule has 0 amide bonds. The van der Waals surface area contributed by atoms with Crippen LogP contribution >= 0.6 is 11.3 Å². The van der Waals surface area contributed by atoms with Gasteiger partial charge in [0.1, 0.15) is 4.83 Å². The zero-order chi connectivity index (χ0) is 21.4. The minimum Gasteiger partial charge on any atom is -0.323 e. The Hall–Kier alpha value is -3.19. The summed E-state index contributed by atoms with van der Waals surface area (Å²) in [6.45, 7) is 7.03. The summed E-state index contributed by atoms with van der Waals surface area (Å²) >= 11 is 1.66. The molecule has 0 radical (unpaired) electrons. The van der Waals surface area contributed by atoms with E-state index in [4.69, 9.17) is 4.98 Å². The van der Waals surface area contributed by atoms with Crippen LogP contribution in [0.5, 0.6) is 0 Å². The van der Waals surface area contributed by atoms with E-state index < -0.39 is 0 Å². The van der Waals surface area contributed by atoms with Crippen LogP contribution in [-0.4, -0.2) is 19.3 Å². The maximum absolute atomic E-state index is 13.4. The third-order valence-corrected chi connectivity index (χ3v) is 7.06. The van der Waals surface area contributed by atoms with Gasteiger partial charge in [-0.15, -0.1) is 17.9 Å². The predicted octanol–water partition coefficient (Wildman–Crippen LogP) is 4.82. The monoisotopic (exact) mass is 431 g/mol. The molecule has 7 heteroatoms. The third-order valence-electron chi connectivity index (χ3n) is 5.87. The second-order valence-electron chi connectivity index (χ2n) is 8.01. The van der Waals surface area contributed by atoms with Crippen LogP contribution in [0.25, 0.3) is 10.2 Å². The molecular formula is C24H25N5OS. The molecule has 0 aliphatic heterocycles. The minimum absolute atomic E-state index is 0.0131. The Morgan fingerprint density at radius 3 is 2.94 bits per heavy atom. The average Bonchev–Trinajstić information content (AvgIpc) is 3.36. The van der Waals surface area contributed by atoms with Crippen LogP contribution in [0.1, 0.15) is 34.4 Å². The van der Waals surface area contributed by atoms with Gasteiger partial charge >= 0.3 is 0 Å². The summed E-state index contributed by atoms with van der Waals surface area (Å²) in [7, 11) is 0. The number of thiophene rings is 1. The lowest BCUT2D eigenvalue weighted by Gasteiger charge is -2.13. The van der Waals surface area contributed by atoms with E-state index in [1.165, 1.54) is 28.0 Å². The van der Waals surface area contributed by atoms with Gasteiger partial charge in [-0.2, -0.15) is 5.10 Å². The highest BCUT2D eigenvalue weighted by atomic mass is 32.1. The highest BCUT2D eigenvalue weighted by molar-refractivity contribution is 7.18. The molecule has 0 spiro atoms. The zero-order valence-electron chi connectivity index (χ0n) is 17.6. The van der Waals surface area contributed by atoms with Crippen LogP contribution in [0, 0.1) is 6.92 Å². The Kier molecular flexibility index (Phi) is 5.19. The number of nitrogens with zero attached hydrogens (tertiary/aromatic N) is 4. The van der Waals surface area contributed by atoms with E-state index in [2.05, 4.69) is 36.1 Å². The minimum atomic E-state index is 0.0131. The molecule has 0 saturated heterocycles. The van der Waals surface area contributed by atoms with Crippen molar-refractivity contribution < 1.29 is 0 Å². The number of fused-ring (bicyclic) bond motifs is 3. The smallest absolute Gasteiger partial charge is 0.264 e. The molecule has 6 nitrogen and oxygen atoms in total. The van der Waals surface area contributed by atoms with Crippen molar-refractivity contribution in [3.63, 3.8) is 0 Å². The molecule has 3 aromatic heterocycles. The van der Waals surface area contributed by atoms with Crippen molar-refractivity contribution in [2.75, 3.05) is 5.32 Å². The van der Waals surface area contributed by atoms with Gasteiger partial charge in [0, 0.05) is 17.6 Å². The lowest BCUT2D eigenvalue weighted by molar-refractivity contribution is 0.684. The molecule has 158 valence electrons. The SMILES string of the molecule is C=CCn1c(Nc2cnn(Cc3ccccc3C)c2)nc2sc3c(c2c1=O)CCCC3. The molecule has 0 unspecified atom stereocenters. The van der Waals surface area contributed by atoms with Gasteiger partial charge in [-0.1, -0.05) is 30.3 Å². The van der Waals surface area contributed by atoms with Gasteiger partial charge in [0.15, 0.2) is 0 Å². The van der Waals surface area contributed by atoms with Gasteiger partial charge < -0.3 is 5.32 Å². The maximum atomic E-state index is 13.4. The van der Waals surface area contributed by atoms with Crippen LogP contribution in [0.3, 0.4) is 0 Å². The van der Waals surface area contributed by atoms with E-state index in [-0.39, 0.29) is 5.56 Å². The number of benzene rings is 1. The fraction of sp³-hybridized carbons (Fsp3) is 0.292. The number of hydrogen-bond donors (Lipinski definition) is 1. The van der Waals surface area contributed by atoms with Crippen LogP contribution in [-0.2, 0) is 25.9 Å². The van der Waals surface area contributed by atoms with Gasteiger partial charge in [-0.25, -0.2) is 4.98 Å². The molecule has 0 bridgehead atoms. The van der Waals surface area contributed by atoms with E-state index in [9.17, 15) is 4.79 Å². The first kappa shape index (κ1) is 19.8. The van der Waals surface area contributed by atoms with Gasteiger partial charge in [0.25, 0.3) is 5.56 Å². The molecule has 1 aliphatic rings. The summed E-state index contributed by atoms with van der Waals surface area (Å²) in [4.78, 5) is 20.4. The summed E-state index contributed by atoms with van der Waals surface area (Å²) in [6, 6.07) is 8.29. The van der Waals surface area contributed by atoms with Crippen molar-refractivity contribution in [2.24, 2.45) is 0 Å². The first-order valence-corrected chi connectivity index (χ1v) is 11.5. The standard InChI is InChI=1S/C24H25N5OS/c1-3-12-29-23(30)21-19-10-6-7-11-20(19)31-22(21)27-24(29)26-18-13-25-28(15-18)14-17-9-5-4-8-16(17)2/h3-5,8-9,13,15H,1,6-7,10-12,14H2,2H3,(H,26,27). The number of aromatic nitrogens is 4. The van der Waals surface area contributed by atoms with Crippen LogP contribution in [0.4, 0.5) is 11.6 Å². The highest BCUT2D eigenvalue weighted by Crippen LogP contribution is 2.34. The molecule has 4 aromatic rings. The van der Waals surface area contributed by atoms with Crippen molar-refractivity contribution in [1.29, 1.82) is 0 Å². The normalized spacial score (nSPS) is 13.3. The summed E-state index contributed by atoms with van der Waals surface area (Å²) in [5.74, 6) is 0.534. The molecular weight excluding hydrogens is 406 g/mol. The van der Waals surface area contributed by atoms with Crippen molar-refractivity contribution in [3.8, 4) is 0 Å². The van der Waals surface area contributed by atoms with Crippen LogP contribution < -0.4 is 10.9 Å². The first-order valence-electron chi connectivity index (χ1n) is 10.6. The Bertz CT molecular complexity index is 1330. The molecule has 0 atom stereocenters. The first-order chi connectivity index (χ1) is 15.1.